The van der Waals surface area contributed by atoms with E-state index in [9.17, 15) is 0 Å². The normalized spacial score (nSPS) is 11.1. The molecule has 0 saturated heterocycles. The van der Waals surface area contributed by atoms with Crippen LogP contribution in [0.15, 0.2) is 188 Å². The lowest BCUT2D eigenvalue weighted by Crippen LogP contribution is -1.88. The van der Waals surface area contributed by atoms with Crippen LogP contribution in [0.5, 0.6) is 0 Å². The van der Waals surface area contributed by atoms with Crippen LogP contribution < -0.4 is 0 Å². The van der Waals surface area contributed by atoms with Gasteiger partial charge < -0.3 is 0 Å². The largest absolute Gasteiger partial charge is 0.0622 e. The number of hydrogen-bond donors (Lipinski definition) is 0. The SMILES string of the molecule is Ic1ccc(C=Cc2ccc(C=C(c3ccccc3)c3ccccc3)cc2)c(C=Cc2ccc(C=C(c3ccccc3)c3ccccc3)cc2)c1. The van der Waals surface area contributed by atoms with Gasteiger partial charge in [-0.05, 0) is 114 Å². The summed E-state index contributed by atoms with van der Waals surface area (Å²) in [6.45, 7) is 0. The average molecular weight is 765 g/mol. The molecule has 0 saturated carbocycles. The first kappa shape index (κ1) is 33.7. The Bertz CT molecular complexity index is 2210. The van der Waals surface area contributed by atoms with Crippen molar-refractivity contribution in [3.05, 3.63) is 247 Å². The molecule has 0 aliphatic carbocycles. The topological polar surface area (TPSA) is 0 Å². The van der Waals surface area contributed by atoms with Crippen LogP contribution in [-0.2, 0) is 0 Å². The molecule has 0 fully saturated rings. The quantitative estimate of drug-likeness (QED) is 0.0961. The van der Waals surface area contributed by atoms with Gasteiger partial charge in [0.15, 0.2) is 0 Å². The molecule has 0 aliphatic rings. The van der Waals surface area contributed by atoms with Crippen LogP contribution in [0.3, 0.4) is 0 Å². The minimum atomic E-state index is 1.16. The fourth-order valence-corrected chi connectivity index (χ4v) is 6.61. The van der Waals surface area contributed by atoms with Gasteiger partial charge in [0.25, 0.3) is 0 Å². The van der Waals surface area contributed by atoms with E-state index in [0.717, 1.165) is 11.1 Å². The van der Waals surface area contributed by atoms with Gasteiger partial charge in [-0.1, -0.05) is 200 Å². The third-order valence-electron chi connectivity index (χ3n) is 8.79. The first-order valence-electron chi connectivity index (χ1n) is 17.2. The van der Waals surface area contributed by atoms with Crippen LogP contribution in [0.1, 0.15) is 55.6 Å². The van der Waals surface area contributed by atoms with E-state index in [1.54, 1.807) is 0 Å². The molecule has 7 rings (SSSR count). The summed E-state index contributed by atoms with van der Waals surface area (Å²) in [4.78, 5) is 0. The lowest BCUT2D eigenvalue weighted by atomic mass is 9.95. The summed E-state index contributed by atoms with van der Waals surface area (Å²) in [6, 6.07) is 66.5. The molecule has 0 atom stereocenters. The van der Waals surface area contributed by atoms with Gasteiger partial charge in [0, 0.05) is 3.57 Å². The van der Waals surface area contributed by atoms with Crippen molar-refractivity contribution in [1.29, 1.82) is 0 Å². The highest BCUT2D eigenvalue weighted by Gasteiger charge is 2.06. The van der Waals surface area contributed by atoms with Crippen molar-refractivity contribution in [3.8, 4) is 0 Å². The van der Waals surface area contributed by atoms with Crippen molar-refractivity contribution >= 4 is 70.2 Å². The van der Waals surface area contributed by atoms with Gasteiger partial charge in [-0.3, -0.25) is 0 Å². The Kier molecular flexibility index (Phi) is 11.1. The van der Waals surface area contributed by atoms with Crippen LogP contribution in [-0.4, -0.2) is 0 Å². The van der Waals surface area contributed by atoms with E-state index in [0.29, 0.717) is 0 Å². The zero-order valence-corrected chi connectivity index (χ0v) is 30.4. The van der Waals surface area contributed by atoms with E-state index < -0.39 is 0 Å². The molecule has 7 aromatic carbocycles. The predicted molar refractivity (Wildman–Crippen MR) is 230 cm³/mol. The molecule has 0 N–H and O–H groups in total. The highest BCUT2D eigenvalue weighted by molar-refractivity contribution is 14.1. The van der Waals surface area contributed by atoms with E-state index in [-0.39, 0.29) is 0 Å². The molecule has 0 unspecified atom stereocenters. The second kappa shape index (κ2) is 16.8. The predicted octanol–water partition coefficient (Wildman–Crippen LogP) is 13.8. The molecule has 0 radical (unpaired) electrons. The van der Waals surface area contributed by atoms with E-state index in [4.69, 9.17) is 0 Å². The molecule has 0 nitrogen and oxygen atoms in total. The van der Waals surface area contributed by atoms with Gasteiger partial charge >= 0.3 is 0 Å². The summed E-state index contributed by atoms with van der Waals surface area (Å²) in [7, 11) is 0. The van der Waals surface area contributed by atoms with Crippen LogP contribution in [0.25, 0.3) is 47.6 Å². The summed E-state index contributed by atoms with van der Waals surface area (Å²) < 4.78 is 1.21. The van der Waals surface area contributed by atoms with Crippen LogP contribution in [0.4, 0.5) is 0 Å². The monoisotopic (exact) mass is 764 g/mol. The zero-order chi connectivity index (χ0) is 34.7. The summed E-state index contributed by atoms with van der Waals surface area (Å²) >= 11 is 2.39. The Hall–Kier alpha value is -5.77. The first-order valence-corrected chi connectivity index (χ1v) is 18.3. The van der Waals surface area contributed by atoms with Crippen molar-refractivity contribution in [2.45, 2.75) is 0 Å². The van der Waals surface area contributed by atoms with Gasteiger partial charge in [-0.15, -0.1) is 0 Å². The van der Waals surface area contributed by atoms with Crippen LogP contribution in [0, 0.1) is 3.57 Å². The van der Waals surface area contributed by atoms with Crippen LogP contribution >= 0.6 is 22.6 Å². The fourth-order valence-electron chi connectivity index (χ4n) is 6.09. The third kappa shape index (κ3) is 9.08. The molecule has 0 amide bonds. The minimum absolute atomic E-state index is 1.16. The Morgan fingerprint density at radius 1 is 0.314 bits per heavy atom. The summed E-state index contributed by atoms with van der Waals surface area (Å²) in [5.41, 5.74) is 14.3. The second-order valence-electron chi connectivity index (χ2n) is 12.4. The molecule has 0 spiro atoms. The Morgan fingerprint density at radius 2 is 0.647 bits per heavy atom. The van der Waals surface area contributed by atoms with E-state index in [2.05, 4.69) is 247 Å². The second-order valence-corrected chi connectivity index (χ2v) is 13.6. The molecule has 0 aliphatic heterocycles. The number of hydrogen-bond acceptors (Lipinski definition) is 0. The lowest BCUT2D eigenvalue weighted by molar-refractivity contribution is 1.55. The number of rotatable bonds is 10. The molecular formula is C50H37I. The Labute approximate surface area is 315 Å². The third-order valence-corrected chi connectivity index (χ3v) is 9.46. The van der Waals surface area contributed by atoms with Gasteiger partial charge in [0.05, 0.1) is 0 Å². The molecule has 244 valence electrons. The Balaban J connectivity index is 1.09. The van der Waals surface area contributed by atoms with Crippen molar-refractivity contribution in [2.24, 2.45) is 0 Å². The molecule has 0 bridgehead atoms. The number of benzene rings is 7. The van der Waals surface area contributed by atoms with Crippen molar-refractivity contribution in [3.63, 3.8) is 0 Å². The van der Waals surface area contributed by atoms with Crippen molar-refractivity contribution in [2.75, 3.05) is 0 Å². The smallest absolute Gasteiger partial charge is 0.0136 e. The maximum absolute atomic E-state index is 2.39. The van der Waals surface area contributed by atoms with Crippen molar-refractivity contribution < 1.29 is 0 Å². The number of halogens is 1. The summed E-state index contributed by atoms with van der Waals surface area (Å²) in [5.74, 6) is 0. The molecular weight excluding hydrogens is 727 g/mol. The Morgan fingerprint density at radius 3 is 1.02 bits per heavy atom. The van der Waals surface area contributed by atoms with Crippen LogP contribution in [0.2, 0.25) is 0 Å². The zero-order valence-electron chi connectivity index (χ0n) is 28.2. The lowest BCUT2D eigenvalue weighted by Gasteiger charge is -2.09. The van der Waals surface area contributed by atoms with E-state index >= 15 is 0 Å². The average Bonchev–Trinajstić information content (AvgIpc) is 3.20. The summed E-state index contributed by atoms with van der Waals surface area (Å²) in [6.07, 6.45) is 13.4. The van der Waals surface area contributed by atoms with E-state index in [1.807, 2.05) is 0 Å². The van der Waals surface area contributed by atoms with Gasteiger partial charge in [-0.25, -0.2) is 0 Å². The van der Waals surface area contributed by atoms with E-state index in [1.165, 1.54) is 59.2 Å². The molecule has 7 aromatic rings. The first-order chi connectivity index (χ1) is 25.2. The summed E-state index contributed by atoms with van der Waals surface area (Å²) in [5, 5.41) is 0. The van der Waals surface area contributed by atoms with Gasteiger partial charge in [0.1, 0.15) is 0 Å². The maximum atomic E-state index is 2.39. The standard InChI is InChI=1S/C50H37I/c51-48-34-33-42(31-29-38-21-25-40(26-22-38)35-49(43-13-5-1-6-14-43)44-15-7-2-8-16-44)47(37-48)32-30-39-23-27-41(28-24-39)36-50(45-17-9-3-10-18-45)46-19-11-4-12-20-46/h1-37H. The van der Waals surface area contributed by atoms with Crippen molar-refractivity contribution in [1.82, 2.24) is 0 Å². The highest BCUT2D eigenvalue weighted by Crippen LogP contribution is 2.28. The molecule has 0 heterocycles. The van der Waals surface area contributed by atoms with Gasteiger partial charge in [0.2, 0.25) is 0 Å². The van der Waals surface area contributed by atoms with Gasteiger partial charge in [-0.2, -0.15) is 0 Å². The molecule has 51 heavy (non-hydrogen) atoms. The fraction of sp³-hybridized carbons (Fsp3) is 0. The molecule has 1 heteroatoms. The minimum Gasteiger partial charge on any atom is -0.0622 e. The maximum Gasteiger partial charge on any atom is 0.0136 e. The highest BCUT2D eigenvalue weighted by atomic mass is 127. The molecule has 0 aromatic heterocycles.